The van der Waals surface area contributed by atoms with Crippen LogP contribution in [0.15, 0.2) is 12.3 Å². The molecular weight excluding hydrogens is 214 g/mol. The Bertz CT molecular complexity index is 306. The largest absolute Gasteiger partial charge is 0.475 e. The third-order valence-electron chi connectivity index (χ3n) is 1.59. The molecule has 15 heavy (non-hydrogen) atoms. The SMILES string of the molecule is CC(CCl)Nc1nccc(OC(C)C)n1. The number of ether oxygens (including phenoxy) is 1. The zero-order chi connectivity index (χ0) is 11.3. The molecule has 0 saturated heterocycles. The van der Waals surface area contributed by atoms with Crippen LogP contribution >= 0.6 is 11.6 Å². The van der Waals surface area contributed by atoms with E-state index in [2.05, 4.69) is 15.3 Å². The van der Waals surface area contributed by atoms with Crippen LogP contribution in [-0.4, -0.2) is 28.0 Å². The number of hydrogen-bond acceptors (Lipinski definition) is 4. The van der Waals surface area contributed by atoms with E-state index in [1.807, 2.05) is 20.8 Å². The molecule has 0 fully saturated rings. The van der Waals surface area contributed by atoms with Crippen LogP contribution in [0.3, 0.4) is 0 Å². The average Bonchev–Trinajstić information content (AvgIpc) is 2.17. The van der Waals surface area contributed by atoms with Gasteiger partial charge < -0.3 is 10.1 Å². The maximum Gasteiger partial charge on any atom is 0.226 e. The number of aromatic nitrogens is 2. The van der Waals surface area contributed by atoms with Gasteiger partial charge in [-0.2, -0.15) is 4.98 Å². The third kappa shape index (κ3) is 4.34. The third-order valence-corrected chi connectivity index (χ3v) is 2.06. The van der Waals surface area contributed by atoms with Crippen molar-refractivity contribution in [3.05, 3.63) is 12.3 Å². The first-order valence-electron chi connectivity index (χ1n) is 4.94. The van der Waals surface area contributed by atoms with Crippen LogP contribution in [0, 0.1) is 0 Å². The monoisotopic (exact) mass is 229 g/mol. The number of nitrogens with one attached hydrogen (secondary N) is 1. The molecule has 1 aromatic heterocycles. The summed E-state index contributed by atoms with van der Waals surface area (Å²) in [6.45, 7) is 5.87. The van der Waals surface area contributed by atoms with Crippen molar-refractivity contribution in [2.24, 2.45) is 0 Å². The fourth-order valence-electron chi connectivity index (χ4n) is 0.978. The molecule has 5 heteroatoms. The second kappa shape index (κ2) is 5.75. The Morgan fingerprint density at radius 1 is 1.47 bits per heavy atom. The maximum atomic E-state index is 5.68. The molecule has 0 bridgehead atoms. The quantitative estimate of drug-likeness (QED) is 0.788. The predicted octanol–water partition coefficient (Wildman–Crippen LogP) is 2.30. The maximum absolute atomic E-state index is 5.68. The smallest absolute Gasteiger partial charge is 0.226 e. The van der Waals surface area contributed by atoms with Crippen molar-refractivity contribution < 1.29 is 4.74 Å². The van der Waals surface area contributed by atoms with Crippen molar-refractivity contribution in [1.29, 1.82) is 0 Å². The van der Waals surface area contributed by atoms with Gasteiger partial charge in [-0.15, -0.1) is 11.6 Å². The van der Waals surface area contributed by atoms with E-state index in [0.717, 1.165) is 0 Å². The zero-order valence-electron chi connectivity index (χ0n) is 9.20. The summed E-state index contributed by atoms with van der Waals surface area (Å²) in [5.74, 6) is 1.63. The Morgan fingerprint density at radius 3 is 2.80 bits per heavy atom. The fraction of sp³-hybridized carbons (Fsp3) is 0.600. The topological polar surface area (TPSA) is 47.0 Å². The lowest BCUT2D eigenvalue weighted by molar-refractivity contribution is 0.232. The van der Waals surface area contributed by atoms with Gasteiger partial charge in [-0.1, -0.05) is 0 Å². The summed E-state index contributed by atoms with van der Waals surface area (Å²) in [7, 11) is 0. The van der Waals surface area contributed by atoms with Crippen molar-refractivity contribution in [2.75, 3.05) is 11.2 Å². The summed E-state index contributed by atoms with van der Waals surface area (Å²) in [5.41, 5.74) is 0. The van der Waals surface area contributed by atoms with Crippen LogP contribution < -0.4 is 10.1 Å². The van der Waals surface area contributed by atoms with Gasteiger partial charge in [-0.3, -0.25) is 0 Å². The van der Waals surface area contributed by atoms with Gasteiger partial charge in [0.15, 0.2) is 0 Å². The Labute approximate surface area is 95.0 Å². The molecule has 1 atom stereocenters. The lowest BCUT2D eigenvalue weighted by Gasteiger charge is -2.12. The van der Waals surface area contributed by atoms with Gasteiger partial charge in [0.2, 0.25) is 11.8 Å². The van der Waals surface area contributed by atoms with Gasteiger partial charge in [0.05, 0.1) is 6.10 Å². The number of nitrogens with zero attached hydrogens (tertiary/aromatic N) is 2. The van der Waals surface area contributed by atoms with E-state index < -0.39 is 0 Å². The van der Waals surface area contributed by atoms with E-state index in [-0.39, 0.29) is 12.1 Å². The van der Waals surface area contributed by atoms with Gasteiger partial charge in [0.25, 0.3) is 0 Å². The van der Waals surface area contributed by atoms with Crippen LogP contribution in [0.1, 0.15) is 20.8 Å². The first-order chi connectivity index (χ1) is 7.11. The molecule has 84 valence electrons. The number of anilines is 1. The molecule has 0 aliphatic rings. The summed E-state index contributed by atoms with van der Waals surface area (Å²) in [5, 5.41) is 3.07. The molecule has 1 aromatic rings. The molecule has 0 saturated carbocycles. The van der Waals surface area contributed by atoms with Gasteiger partial charge in [0, 0.05) is 24.2 Å². The summed E-state index contributed by atoms with van der Waals surface area (Å²) >= 11 is 5.68. The molecule has 1 rings (SSSR count). The Hall–Kier alpha value is -1.03. The highest BCUT2D eigenvalue weighted by molar-refractivity contribution is 6.18. The van der Waals surface area contributed by atoms with E-state index in [4.69, 9.17) is 16.3 Å². The molecule has 0 aliphatic carbocycles. The zero-order valence-corrected chi connectivity index (χ0v) is 9.95. The van der Waals surface area contributed by atoms with E-state index in [9.17, 15) is 0 Å². The van der Waals surface area contributed by atoms with Crippen molar-refractivity contribution in [3.8, 4) is 5.88 Å². The van der Waals surface area contributed by atoms with Crippen LogP contribution in [-0.2, 0) is 0 Å². The van der Waals surface area contributed by atoms with Crippen molar-refractivity contribution in [1.82, 2.24) is 9.97 Å². The Kier molecular flexibility index (Phi) is 4.62. The standard InChI is InChI=1S/C10H16ClN3O/c1-7(2)15-9-4-5-12-10(14-9)13-8(3)6-11/h4-5,7-8H,6H2,1-3H3,(H,12,13,14). The molecule has 1 N–H and O–H groups in total. The van der Waals surface area contributed by atoms with Crippen molar-refractivity contribution in [3.63, 3.8) is 0 Å². The van der Waals surface area contributed by atoms with Gasteiger partial charge in [-0.25, -0.2) is 4.98 Å². The van der Waals surface area contributed by atoms with Crippen molar-refractivity contribution >= 4 is 17.5 Å². The first kappa shape index (κ1) is 12.0. The Morgan fingerprint density at radius 2 is 2.20 bits per heavy atom. The highest BCUT2D eigenvalue weighted by Gasteiger charge is 2.04. The van der Waals surface area contributed by atoms with E-state index >= 15 is 0 Å². The second-order valence-corrected chi connectivity index (χ2v) is 3.89. The molecule has 0 aliphatic heterocycles. The molecule has 4 nitrogen and oxygen atoms in total. The van der Waals surface area contributed by atoms with Crippen LogP contribution in [0.4, 0.5) is 5.95 Å². The van der Waals surface area contributed by atoms with E-state index in [1.54, 1.807) is 12.3 Å². The van der Waals surface area contributed by atoms with Crippen LogP contribution in [0.2, 0.25) is 0 Å². The lowest BCUT2D eigenvalue weighted by Crippen LogP contribution is -2.18. The minimum Gasteiger partial charge on any atom is -0.475 e. The van der Waals surface area contributed by atoms with E-state index in [0.29, 0.717) is 17.7 Å². The average molecular weight is 230 g/mol. The minimum atomic E-state index is 0.109. The summed E-state index contributed by atoms with van der Waals surface area (Å²) in [6, 6.07) is 1.87. The van der Waals surface area contributed by atoms with Gasteiger partial charge in [0.1, 0.15) is 0 Å². The fourth-order valence-corrected chi connectivity index (χ4v) is 1.05. The number of alkyl halides is 1. The molecule has 0 amide bonds. The minimum absolute atomic E-state index is 0.109. The van der Waals surface area contributed by atoms with Gasteiger partial charge in [-0.05, 0) is 20.8 Å². The number of hydrogen-bond donors (Lipinski definition) is 1. The lowest BCUT2D eigenvalue weighted by atomic mass is 10.4. The normalized spacial score (nSPS) is 12.6. The summed E-state index contributed by atoms with van der Waals surface area (Å²) in [6.07, 6.45) is 1.77. The van der Waals surface area contributed by atoms with Gasteiger partial charge >= 0.3 is 0 Å². The highest BCUT2D eigenvalue weighted by atomic mass is 35.5. The van der Waals surface area contributed by atoms with Crippen LogP contribution in [0.5, 0.6) is 5.88 Å². The number of halogens is 1. The summed E-state index contributed by atoms with van der Waals surface area (Å²) in [4.78, 5) is 8.27. The molecule has 0 spiro atoms. The molecule has 1 heterocycles. The molecule has 0 aromatic carbocycles. The number of rotatable bonds is 5. The molecule has 0 radical (unpaired) electrons. The van der Waals surface area contributed by atoms with E-state index in [1.165, 1.54) is 0 Å². The molecular formula is C10H16ClN3O. The van der Waals surface area contributed by atoms with Crippen LogP contribution in [0.25, 0.3) is 0 Å². The summed E-state index contributed by atoms with van der Waals surface area (Å²) < 4.78 is 5.45. The van der Waals surface area contributed by atoms with Crippen molar-refractivity contribution in [2.45, 2.75) is 32.9 Å². The second-order valence-electron chi connectivity index (χ2n) is 3.58. The first-order valence-corrected chi connectivity index (χ1v) is 5.47. The molecule has 1 unspecified atom stereocenters. The predicted molar refractivity (Wildman–Crippen MR) is 61.6 cm³/mol. The Balaban J connectivity index is 2.65. The highest BCUT2D eigenvalue weighted by Crippen LogP contribution is 2.10.